The summed E-state index contributed by atoms with van der Waals surface area (Å²) in [5, 5.41) is 2.94. The molecule has 7 nitrogen and oxygen atoms in total. The lowest BCUT2D eigenvalue weighted by Gasteiger charge is -2.36. The van der Waals surface area contributed by atoms with Crippen LogP contribution >= 0.6 is 0 Å². The minimum absolute atomic E-state index is 0.0336. The van der Waals surface area contributed by atoms with Crippen molar-refractivity contribution in [2.75, 3.05) is 39.3 Å². The van der Waals surface area contributed by atoms with Crippen LogP contribution in [0.15, 0.2) is 24.3 Å². The molecule has 1 atom stereocenters. The van der Waals surface area contributed by atoms with Crippen molar-refractivity contribution in [3.63, 3.8) is 0 Å². The summed E-state index contributed by atoms with van der Waals surface area (Å²) in [4.78, 5) is 42.7. The molecular formula is C21H30N4O3. The number of nitrogens with one attached hydrogen (secondary N) is 1. The van der Waals surface area contributed by atoms with Crippen LogP contribution in [-0.4, -0.2) is 77.7 Å². The second-order valence-electron chi connectivity index (χ2n) is 7.42. The van der Waals surface area contributed by atoms with Crippen molar-refractivity contribution in [1.29, 1.82) is 0 Å². The van der Waals surface area contributed by atoms with Crippen LogP contribution < -0.4 is 5.32 Å². The maximum atomic E-state index is 12.6. The molecule has 0 aromatic heterocycles. The van der Waals surface area contributed by atoms with Crippen LogP contribution in [0.4, 0.5) is 0 Å². The Morgan fingerprint density at radius 1 is 1.18 bits per heavy atom. The van der Waals surface area contributed by atoms with E-state index in [1.807, 2.05) is 12.1 Å². The van der Waals surface area contributed by atoms with E-state index in [0.717, 1.165) is 38.0 Å². The van der Waals surface area contributed by atoms with Gasteiger partial charge in [-0.2, -0.15) is 0 Å². The lowest BCUT2D eigenvalue weighted by Crippen LogP contribution is -2.56. The lowest BCUT2D eigenvalue weighted by molar-refractivity contribution is -0.154. The average Bonchev–Trinajstić information content (AvgIpc) is 3.20. The monoisotopic (exact) mass is 386 g/mol. The Balaban J connectivity index is 1.53. The highest BCUT2D eigenvalue weighted by atomic mass is 16.2. The standard InChI is InChI=1S/C21H30N4O3/c1-3-23(4-2)13-11-22-20(27)17-9-7-16(8-10-17)14-24-15-19(26)25-12-5-6-18(25)21(24)28/h7-10,18H,3-6,11-15H2,1-2H3,(H,22,27)/t18-/m1/s1. The number of fused-ring (bicyclic) bond motifs is 1. The van der Waals surface area contributed by atoms with Gasteiger partial charge < -0.3 is 20.0 Å². The molecule has 3 rings (SSSR count). The van der Waals surface area contributed by atoms with E-state index in [2.05, 4.69) is 24.1 Å². The molecule has 2 heterocycles. The Hall–Kier alpha value is -2.41. The van der Waals surface area contributed by atoms with Gasteiger partial charge in [0.05, 0.1) is 0 Å². The molecule has 3 amide bonds. The van der Waals surface area contributed by atoms with Gasteiger partial charge in [-0.15, -0.1) is 0 Å². The van der Waals surface area contributed by atoms with Crippen LogP contribution in [0, 0.1) is 0 Å². The summed E-state index contributed by atoms with van der Waals surface area (Å²) in [5.74, 6) is -0.0221. The lowest BCUT2D eigenvalue weighted by atomic mass is 10.1. The summed E-state index contributed by atoms with van der Waals surface area (Å²) >= 11 is 0. The quantitative estimate of drug-likeness (QED) is 0.726. The summed E-state index contributed by atoms with van der Waals surface area (Å²) in [5.41, 5.74) is 1.53. The number of carbonyl (C=O) groups excluding carboxylic acids is 3. The molecule has 2 fully saturated rings. The number of rotatable bonds is 8. The normalized spacial score (nSPS) is 19.3. The molecule has 0 radical (unpaired) electrons. The first kappa shape index (κ1) is 20.3. The summed E-state index contributed by atoms with van der Waals surface area (Å²) < 4.78 is 0. The van der Waals surface area contributed by atoms with Crippen molar-refractivity contribution in [3.05, 3.63) is 35.4 Å². The summed E-state index contributed by atoms with van der Waals surface area (Å²) in [6, 6.07) is 6.99. The van der Waals surface area contributed by atoms with Gasteiger partial charge in [0, 0.05) is 31.7 Å². The molecule has 2 saturated heterocycles. The topological polar surface area (TPSA) is 73.0 Å². The molecule has 0 unspecified atom stereocenters. The highest BCUT2D eigenvalue weighted by Crippen LogP contribution is 2.24. The van der Waals surface area contributed by atoms with Gasteiger partial charge in [-0.3, -0.25) is 14.4 Å². The molecule has 2 aliphatic rings. The van der Waals surface area contributed by atoms with Crippen molar-refractivity contribution in [1.82, 2.24) is 20.0 Å². The Morgan fingerprint density at radius 3 is 2.57 bits per heavy atom. The second-order valence-corrected chi connectivity index (χ2v) is 7.42. The third kappa shape index (κ3) is 4.52. The zero-order valence-electron chi connectivity index (χ0n) is 16.8. The van der Waals surface area contributed by atoms with Crippen molar-refractivity contribution in [2.24, 2.45) is 0 Å². The predicted octanol–water partition coefficient (Wildman–Crippen LogP) is 1.09. The Labute approximate surface area is 166 Å². The number of amides is 3. The fourth-order valence-corrected chi connectivity index (χ4v) is 3.95. The van der Waals surface area contributed by atoms with Gasteiger partial charge in [-0.25, -0.2) is 0 Å². The molecular weight excluding hydrogens is 356 g/mol. The van der Waals surface area contributed by atoms with Gasteiger partial charge in [0.25, 0.3) is 5.91 Å². The maximum absolute atomic E-state index is 12.6. The molecule has 1 N–H and O–H groups in total. The zero-order chi connectivity index (χ0) is 20.1. The Morgan fingerprint density at radius 2 is 1.89 bits per heavy atom. The number of nitrogens with zero attached hydrogens (tertiary/aromatic N) is 3. The number of hydrogen-bond donors (Lipinski definition) is 1. The molecule has 1 aromatic rings. The van der Waals surface area contributed by atoms with Gasteiger partial charge in [-0.05, 0) is 43.6 Å². The Bertz CT molecular complexity index is 715. The van der Waals surface area contributed by atoms with Gasteiger partial charge >= 0.3 is 0 Å². The van der Waals surface area contributed by atoms with Crippen LogP contribution in [0.25, 0.3) is 0 Å². The van der Waals surface area contributed by atoms with Crippen LogP contribution in [-0.2, 0) is 16.1 Å². The fraction of sp³-hybridized carbons (Fsp3) is 0.571. The molecule has 28 heavy (non-hydrogen) atoms. The molecule has 0 saturated carbocycles. The van der Waals surface area contributed by atoms with E-state index in [9.17, 15) is 14.4 Å². The number of likely N-dealkylation sites (N-methyl/N-ethyl adjacent to an activating group) is 1. The van der Waals surface area contributed by atoms with Crippen LogP contribution in [0.5, 0.6) is 0 Å². The summed E-state index contributed by atoms with van der Waals surface area (Å²) in [6.07, 6.45) is 1.65. The Kier molecular flexibility index (Phi) is 6.67. The molecule has 0 spiro atoms. The van der Waals surface area contributed by atoms with Gasteiger partial charge in [0.2, 0.25) is 11.8 Å². The van der Waals surface area contributed by atoms with E-state index < -0.39 is 0 Å². The van der Waals surface area contributed by atoms with Gasteiger partial charge in [0.1, 0.15) is 12.6 Å². The molecule has 152 valence electrons. The molecule has 0 bridgehead atoms. The minimum atomic E-state index is -0.280. The first-order chi connectivity index (χ1) is 13.5. The van der Waals surface area contributed by atoms with Crippen molar-refractivity contribution in [2.45, 2.75) is 39.3 Å². The SMILES string of the molecule is CCN(CC)CCNC(=O)c1ccc(CN2CC(=O)N3CCC[C@@H]3C2=O)cc1. The number of hydrogen-bond acceptors (Lipinski definition) is 4. The second kappa shape index (κ2) is 9.19. The van der Waals surface area contributed by atoms with Gasteiger partial charge in [0.15, 0.2) is 0 Å². The van der Waals surface area contributed by atoms with E-state index in [4.69, 9.17) is 0 Å². The van der Waals surface area contributed by atoms with Crippen molar-refractivity contribution < 1.29 is 14.4 Å². The number of carbonyl (C=O) groups is 3. The van der Waals surface area contributed by atoms with Crippen LogP contribution in [0.3, 0.4) is 0 Å². The zero-order valence-corrected chi connectivity index (χ0v) is 16.8. The molecule has 0 aliphatic carbocycles. The summed E-state index contributed by atoms with van der Waals surface area (Å²) in [7, 11) is 0. The summed E-state index contributed by atoms with van der Waals surface area (Å²) in [6.45, 7) is 8.84. The van der Waals surface area contributed by atoms with E-state index >= 15 is 0 Å². The molecule has 1 aromatic carbocycles. The van der Waals surface area contributed by atoms with Crippen molar-refractivity contribution >= 4 is 17.7 Å². The minimum Gasteiger partial charge on any atom is -0.351 e. The van der Waals surface area contributed by atoms with E-state index in [1.54, 1.807) is 21.9 Å². The van der Waals surface area contributed by atoms with E-state index in [1.165, 1.54) is 0 Å². The largest absolute Gasteiger partial charge is 0.351 e. The van der Waals surface area contributed by atoms with Crippen molar-refractivity contribution in [3.8, 4) is 0 Å². The van der Waals surface area contributed by atoms with E-state index in [-0.39, 0.29) is 30.3 Å². The first-order valence-corrected chi connectivity index (χ1v) is 10.2. The average molecular weight is 386 g/mol. The fourth-order valence-electron chi connectivity index (χ4n) is 3.95. The molecule has 2 aliphatic heterocycles. The maximum Gasteiger partial charge on any atom is 0.251 e. The third-order valence-corrected chi connectivity index (χ3v) is 5.69. The predicted molar refractivity (Wildman–Crippen MR) is 107 cm³/mol. The van der Waals surface area contributed by atoms with Crippen LogP contribution in [0.2, 0.25) is 0 Å². The number of piperazine rings is 1. The first-order valence-electron chi connectivity index (χ1n) is 10.2. The van der Waals surface area contributed by atoms with Crippen LogP contribution in [0.1, 0.15) is 42.6 Å². The smallest absolute Gasteiger partial charge is 0.251 e. The van der Waals surface area contributed by atoms with Gasteiger partial charge in [-0.1, -0.05) is 26.0 Å². The number of benzene rings is 1. The highest BCUT2D eigenvalue weighted by Gasteiger charge is 2.41. The third-order valence-electron chi connectivity index (χ3n) is 5.69. The highest BCUT2D eigenvalue weighted by molar-refractivity contribution is 5.95. The molecule has 7 heteroatoms. The van der Waals surface area contributed by atoms with E-state index in [0.29, 0.717) is 25.2 Å².